The normalized spacial score (nSPS) is 10.3. The van der Waals surface area contributed by atoms with Crippen molar-refractivity contribution in [3.05, 3.63) is 35.6 Å². The minimum Gasteiger partial charge on any atom is -0.330 e. The van der Waals surface area contributed by atoms with Crippen LogP contribution in [0, 0.1) is 5.82 Å². The first kappa shape index (κ1) is 11.9. The summed E-state index contributed by atoms with van der Waals surface area (Å²) in [5.41, 5.74) is 5.54. The summed E-state index contributed by atoms with van der Waals surface area (Å²) in [6.07, 6.45) is 3.03. The molecule has 0 saturated heterocycles. The largest absolute Gasteiger partial charge is 0.330 e. The van der Waals surface area contributed by atoms with E-state index in [1.165, 1.54) is 12.1 Å². The van der Waals surface area contributed by atoms with E-state index in [0.717, 1.165) is 19.3 Å². The van der Waals surface area contributed by atoms with Gasteiger partial charge < -0.3 is 5.73 Å². The molecule has 0 radical (unpaired) electrons. The lowest BCUT2D eigenvalue weighted by Gasteiger charge is -2.01. The van der Waals surface area contributed by atoms with Gasteiger partial charge in [-0.2, -0.15) is 0 Å². The molecular formula is C12H16FNO. The Morgan fingerprint density at radius 2 is 1.93 bits per heavy atom. The van der Waals surface area contributed by atoms with Crippen LogP contribution in [0.5, 0.6) is 0 Å². The van der Waals surface area contributed by atoms with Crippen LogP contribution in [0.3, 0.4) is 0 Å². The molecule has 2 nitrogen and oxygen atoms in total. The molecule has 0 aliphatic carbocycles. The fourth-order valence-electron chi connectivity index (χ4n) is 1.43. The third kappa shape index (κ3) is 3.80. The standard InChI is InChI=1S/C12H16FNO/c13-11-7-4-3-6-10(11)12(15)8-2-1-5-9-14/h3-4,6-7H,1-2,5,8-9,14H2. The fraction of sp³-hybridized carbons (Fsp3) is 0.417. The van der Waals surface area contributed by atoms with Crippen LogP contribution in [-0.4, -0.2) is 12.3 Å². The Balaban J connectivity index is 2.44. The molecule has 0 aromatic heterocycles. The van der Waals surface area contributed by atoms with Crippen molar-refractivity contribution in [2.75, 3.05) is 6.54 Å². The second-order valence-electron chi connectivity index (χ2n) is 3.50. The lowest BCUT2D eigenvalue weighted by molar-refractivity contribution is 0.0975. The highest BCUT2D eigenvalue weighted by molar-refractivity contribution is 5.96. The molecule has 1 aromatic rings. The zero-order chi connectivity index (χ0) is 11.1. The van der Waals surface area contributed by atoms with Crippen LogP contribution in [0.2, 0.25) is 0 Å². The molecule has 15 heavy (non-hydrogen) atoms. The van der Waals surface area contributed by atoms with Crippen molar-refractivity contribution in [1.82, 2.24) is 0 Å². The predicted molar refractivity (Wildman–Crippen MR) is 58.3 cm³/mol. The minimum absolute atomic E-state index is 0.120. The molecule has 0 saturated carbocycles. The van der Waals surface area contributed by atoms with Crippen LogP contribution in [0.1, 0.15) is 36.0 Å². The summed E-state index contributed by atoms with van der Waals surface area (Å²) >= 11 is 0. The minimum atomic E-state index is -0.429. The van der Waals surface area contributed by atoms with Crippen molar-refractivity contribution in [2.45, 2.75) is 25.7 Å². The Kier molecular flexibility index (Phi) is 4.98. The van der Waals surface area contributed by atoms with Crippen molar-refractivity contribution < 1.29 is 9.18 Å². The van der Waals surface area contributed by atoms with Gasteiger partial charge in [0.2, 0.25) is 0 Å². The molecule has 0 atom stereocenters. The molecule has 0 fully saturated rings. The van der Waals surface area contributed by atoms with Crippen molar-refractivity contribution in [3.8, 4) is 0 Å². The summed E-state index contributed by atoms with van der Waals surface area (Å²) in [6, 6.07) is 6.10. The predicted octanol–water partition coefficient (Wildman–Crippen LogP) is 2.53. The number of rotatable bonds is 6. The van der Waals surface area contributed by atoms with Crippen molar-refractivity contribution >= 4 is 5.78 Å². The summed E-state index contributed by atoms with van der Waals surface area (Å²) in [4.78, 5) is 11.6. The van der Waals surface area contributed by atoms with Crippen LogP contribution < -0.4 is 5.73 Å². The van der Waals surface area contributed by atoms with Crippen molar-refractivity contribution in [1.29, 1.82) is 0 Å². The highest BCUT2D eigenvalue weighted by atomic mass is 19.1. The van der Waals surface area contributed by atoms with Gasteiger partial charge in [0.1, 0.15) is 5.82 Å². The molecule has 0 bridgehead atoms. The quantitative estimate of drug-likeness (QED) is 0.578. The Morgan fingerprint density at radius 1 is 1.20 bits per heavy atom. The molecule has 2 N–H and O–H groups in total. The SMILES string of the molecule is NCCCCCC(=O)c1ccccc1F. The lowest BCUT2D eigenvalue weighted by atomic mass is 10.0. The van der Waals surface area contributed by atoms with Crippen LogP contribution in [0.15, 0.2) is 24.3 Å². The van der Waals surface area contributed by atoms with E-state index in [1.807, 2.05) is 0 Å². The number of ketones is 1. The van der Waals surface area contributed by atoms with Crippen molar-refractivity contribution in [3.63, 3.8) is 0 Å². The fourth-order valence-corrected chi connectivity index (χ4v) is 1.43. The molecule has 0 heterocycles. The Bertz CT molecular complexity index is 325. The lowest BCUT2D eigenvalue weighted by Crippen LogP contribution is -2.03. The zero-order valence-electron chi connectivity index (χ0n) is 8.71. The van der Waals surface area contributed by atoms with Gasteiger partial charge in [0, 0.05) is 6.42 Å². The van der Waals surface area contributed by atoms with E-state index in [-0.39, 0.29) is 11.3 Å². The van der Waals surface area contributed by atoms with E-state index >= 15 is 0 Å². The van der Waals surface area contributed by atoms with Crippen molar-refractivity contribution in [2.24, 2.45) is 5.73 Å². The van der Waals surface area contributed by atoms with Crippen LogP contribution in [0.4, 0.5) is 4.39 Å². The maximum Gasteiger partial charge on any atom is 0.165 e. The van der Waals surface area contributed by atoms with Gasteiger partial charge in [-0.3, -0.25) is 4.79 Å². The Hall–Kier alpha value is -1.22. The molecule has 0 spiro atoms. The average Bonchev–Trinajstić information content (AvgIpc) is 2.25. The van der Waals surface area contributed by atoms with Gasteiger partial charge in [-0.25, -0.2) is 4.39 Å². The third-order valence-corrected chi connectivity index (χ3v) is 2.28. The van der Waals surface area contributed by atoms with Crippen LogP contribution in [-0.2, 0) is 0 Å². The van der Waals surface area contributed by atoms with Gasteiger partial charge in [0.15, 0.2) is 5.78 Å². The topological polar surface area (TPSA) is 43.1 Å². The number of carbonyl (C=O) groups excluding carboxylic acids is 1. The van der Waals surface area contributed by atoms with Gasteiger partial charge in [0.05, 0.1) is 5.56 Å². The number of Topliss-reactive ketones (excluding diaryl/α,β-unsaturated/α-hetero) is 1. The second-order valence-corrected chi connectivity index (χ2v) is 3.50. The number of carbonyl (C=O) groups is 1. The first-order chi connectivity index (χ1) is 7.25. The summed E-state index contributed by atoms with van der Waals surface area (Å²) < 4.78 is 13.2. The highest BCUT2D eigenvalue weighted by Crippen LogP contribution is 2.11. The molecule has 0 aliphatic heterocycles. The highest BCUT2D eigenvalue weighted by Gasteiger charge is 2.09. The van der Waals surface area contributed by atoms with E-state index in [2.05, 4.69) is 0 Å². The summed E-state index contributed by atoms with van der Waals surface area (Å²) in [5.74, 6) is -0.550. The van der Waals surface area contributed by atoms with Crippen LogP contribution >= 0.6 is 0 Å². The molecule has 0 amide bonds. The van der Waals surface area contributed by atoms with E-state index in [0.29, 0.717) is 13.0 Å². The maximum atomic E-state index is 13.2. The molecule has 0 aliphatic rings. The average molecular weight is 209 g/mol. The third-order valence-electron chi connectivity index (χ3n) is 2.28. The number of halogens is 1. The molecule has 3 heteroatoms. The number of hydrogen-bond donors (Lipinski definition) is 1. The van der Waals surface area contributed by atoms with Crippen LogP contribution in [0.25, 0.3) is 0 Å². The molecule has 82 valence electrons. The maximum absolute atomic E-state index is 13.2. The molecule has 1 aromatic carbocycles. The second kappa shape index (κ2) is 6.30. The van der Waals surface area contributed by atoms with E-state index in [4.69, 9.17) is 5.73 Å². The Morgan fingerprint density at radius 3 is 2.60 bits per heavy atom. The summed E-state index contributed by atoms with van der Waals surface area (Å²) in [5, 5.41) is 0. The number of hydrogen-bond acceptors (Lipinski definition) is 2. The summed E-state index contributed by atoms with van der Waals surface area (Å²) in [7, 11) is 0. The molecule has 0 unspecified atom stereocenters. The van der Waals surface area contributed by atoms with E-state index in [1.54, 1.807) is 12.1 Å². The first-order valence-electron chi connectivity index (χ1n) is 5.23. The van der Waals surface area contributed by atoms with Gasteiger partial charge >= 0.3 is 0 Å². The number of benzene rings is 1. The zero-order valence-corrected chi connectivity index (χ0v) is 8.71. The Labute approximate surface area is 89.3 Å². The van der Waals surface area contributed by atoms with Gasteiger partial charge in [-0.05, 0) is 31.5 Å². The van der Waals surface area contributed by atoms with E-state index in [9.17, 15) is 9.18 Å². The molecular weight excluding hydrogens is 193 g/mol. The smallest absolute Gasteiger partial charge is 0.165 e. The van der Waals surface area contributed by atoms with Gasteiger partial charge in [0.25, 0.3) is 0 Å². The molecule has 1 rings (SSSR count). The monoisotopic (exact) mass is 209 g/mol. The number of unbranched alkanes of at least 4 members (excludes halogenated alkanes) is 2. The van der Waals surface area contributed by atoms with Gasteiger partial charge in [-0.15, -0.1) is 0 Å². The summed E-state index contributed by atoms with van der Waals surface area (Å²) in [6.45, 7) is 0.647. The number of nitrogens with two attached hydrogens (primary N) is 1. The van der Waals surface area contributed by atoms with E-state index < -0.39 is 5.82 Å². The van der Waals surface area contributed by atoms with Gasteiger partial charge in [-0.1, -0.05) is 18.6 Å². The first-order valence-corrected chi connectivity index (χ1v) is 5.23.